The molecule has 26 heavy (non-hydrogen) atoms. The number of nitrogens with one attached hydrogen (secondary N) is 2. The largest absolute Gasteiger partial charge is 0.489 e. The van der Waals surface area contributed by atoms with Gasteiger partial charge < -0.3 is 25.0 Å². The first kappa shape index (κ1) is 24.9. The van der Waals surface area contributed by atoms with Crippen molar-refractivity contribution in [1.29, 1.82) is 0 Å². The Morgan fingerprint density at radius 2 is 2.08 bits per heavy atom. The molecule has 0 radical (unpaired) electrons. The van der Waals surface area contributed by atoms with Gasteiger partial charge in [0.2, 0.25) is 0 Å². The molecule has 0 fully saturated rings. The first-order valence-electron chi connectivity index (χ1n) is 8.59. The van der Waals surface area contributed by atoms with Gasteiger partial charge in [-0.3, -0.25) is 4.99 Å². The maximum absolute atomic E-state index is 13.1. The predicted octanol–water partition coefficient (Wildman–Crippen LogP) is 2.34. The molecule has 0 amide bonds. The van der Waals surface area contributed by atoms with E-state index in [0.29, 0.717) is 12.3 Å². The maximum Gasteiger partial charge on any atom is 0.191 e. The van der Waals surface area contributed by atoms with Crippen molar-refractivity contribution in [2.45, 2.75) is 19.4 Å². The SMILES string of the molecule is CN=C(NCCCN(C)CCOC)NCC(C)Oc1cccc(F)c1.I. The van der Waals surface area contributed by atoms with Crippen molar-refractivity contribution < 1.29 is 13.9 Å². The number of likely N-dealkylation sites (N-methyl/N-ethyl adjacent to an activating group) is 1. The molecule has 0 aliphatic heterocycles. The summed E-state index contributed by atoms with van der Waals surface area (Å²) in [6, 6.07) is 6.15. The highest BCUT2D eigenvalue weighted by molar-refractivity contribution is 14.0. The molecule has 150 valence electrons. The van der Waals surface area contributed by atoms with Crippen LogP contribution in [0.25, 0.3) is 0 Å². The van der Waals surface area contributed by atoms with E-state index in [-0.39, 0.29) is 35.9 Å². The second kappa shape index (κ2) is 15.0. The molecule has 1 aromatic carbocycles. The summed E-state index contributed by atoms with van der Waals surface area (Å²) in [6.07, 6.45) is 0.900. The first-order chi connectivity index (χ1) is 12.0. The van der Waals surface area contributed by atoms with E-state index in [1.165, 1.54) is 12.1 Å². The maximum atomic E-state index is 13.1. The van der Waals surface area contributed by atoms with Crippen molar-refractivity contribution in [2.24, 2.45) is 4.99 Å². The van der Waals surface area contributed by atoms with Crippen LogP contribution in [-0.4, -0.2) is 71.0 Å². The Balaban J connectivity index is 0.00000625. The molecule has 8 heteroatoms. The molecule has 1 atom stereocenters. The van der Waals surface area contributed by atoms with Gasteiger partial charge in [-0.05, 0) is 39.1 Å². The minimum Gasteiger partial charge on any atom is -0.489 e. The Morgan fingerprint density at radius 1 is 1.31 bits per heavy atom. The van der Waals surface area contributed by atoms with Crippen LogP contribution in [0.1, 0.15) is 13.3 Å². The van der Waals surface area contributed by atoms with Crippen molar-refractivity contribution in [1.82, 2.24) is 15.5 Å². The zero-order chi connectivity index (χ0) is 18.5. The van der Waals surface area contributed by atoms with E-state index in [9.17, 15) is 4.39 Å². The van der Waals surface area contributed by atoms with Crippen LogP contribution in [0.15, 0.2) is 29.3 Å². The van der Waals surface area contributed by atoms with Crippen LogP contribution >= 0.6 is 24.0 Å². The summed E-state index contributed by atoms with van der Waals surface area (Å²) in [4.78, 5) is 6.43. The molecule has 2 N–H and O–H groups in total. The first-order valence-corrected chi connectivity index (χ1v) is 8.59. The fourth-order valence-corrected chi connectivity index (χ4v) is 2.19. The summed E-state index contributed by atoms with van der Waals surface area (Å²) in [5, 5.41) is 6.49. The van der Waals surface area contributed by atoms with E-state index < -0.39 is 0 Å². The summed E-state index contributed by atoms with van der Waals surface area (Å²) >= 11 is 0. The topological polar surface area (TPSA) is 58.1 Å². The van der Waals surface area contributed by atoms with Crippen molar-refractivity contribution in [2.75, 3.05) is 54.0 Å². The Morgan fingerprint density at radius 3 is 2.73 bits per heavy atom. The quantitative estimate of drug-likeness (QED) is 0.220. The van der Waals surface area contributed by atoms with Gasteiger partial charge >= 0.3 is 0 Å². The number of aliphatic imine (C=N–C) groups is 1. The number of hydrogen-bond acceptors (Lipinski definition) is 4. The summed E-state index contributed by atoms with van der Waals surface area (Å²) < 4.78 is 23.9. The standard InChI is InChI=1S/C18H31FN4O2.HI/c1-15(25-17-8-5-7-16(19)13-17)14-22-18(20-2)21-9-6-10-23(3)11-12-24-4;/h5,7-8,13,15H,6,9-12,14H2,1-4H3,(H2,20,21,22);1H. The third kappa shape index (κ3) is 11.5. The molecule has 6 nitrogen and oxygen atoms in total. The number of rotatable bonds is 11. The van der Waals surface area contributed by atoms with Gasteiger partial charge in [-0.1, -0.05) is 6.07 Å². The molecule has 0 saturated heterocycles. The third-order valence-electron chi connectivity index (χ3n) is 3.60. The van der Waals surface area contributed by atoms with Gasteiger partial charge in [-0.2, -0.15) is 0 Å². The van der Waals surface area contributed by atoms with Crippen LogP contribution in [0.2, 0.25) is 0 Å². The van der Waals surface area contributed by atoms with E-state index in [0.717, 1.165) is 38.6 Å². The highest BCUT2D eigenvalue weighted by Crippen LogP contribution is 2.13. The molecule has 0 aliphatic carbocycles. The molecule has 1 aromatic rings. The smallest absolute Gasteiger partial charge is 0.191 e. The molecule has 0 aromatic heterocycles. The van der Waals surface area contributed by atoms with Gasteiger partial charge in [-0.25, -0.2) is 4.39 Å². The van der Waals surface area contributed by atoms with Gasteiger partial charge in [0.15, 0.2) is 5.96 Å². The molecular weight excluding hydrogens is 450 g/mol. The summed E-state index contributed by atoms with van der Waals surface area (Å²) in [6.45, 7) is 6.00. The number of guanidine groups is 1. The highest BCUT2D eigenvalue weighted by atomic mass is 127. The van der Waals surface area contributed by atoms with Crippen LogP contribution in [0.3, 0.4) is 0 Å². The van der Waals surface area contributed by atoms with Crippen molar-refractivity contribution in [3.05, 3.63) is 30.1 Å². The average molecular weight is 482 g/mol. The van der Waals surface area contributed by atoms with Gasteiger partial charge in [0, 0.05) is 33.3 Å². The molecule has 0 aliphatic rings. The van der Waals surface area contributed by atoms with Crippen LogP contribution in [0, 0.1) is 5.82 Å². The number of benzene rings is 1. The second-order valence-corrected chi connectivity index (χ2v) is 5.92. The highest BCUT2D eigenvalue weighted by Gasteiger charge is 2.06. The van der Waals surface area contributed by atoms with E-state index in [2.05, 4.69) is 27.6 Å². The van der Waals surface area contributed by atoms with Gasteiger partial charge in [0.25, 0.3) is 0 Å². The molecule has 1 unspecified atom stereocenters. The monoisotopic (exact) mass is 482 g/mol. The van der Waals surface area contributed by atoms with Gasteiger partial charge in [0.05, 0.1) is 13.2 Å². The lowest BCUT2D eigenvalue weighted by Crippen LogP contribution is -2.42. The van der Waals surface area contributed by atoms with Crippen molar-refractivity contribution in [3.63, 3.8) is 0 Å². The van der Waals surface area contributed by atoms with E-state index >= 15 is 0 Å². The fraction of sp³-hybridized carbons (Fsp3) is 0.611. The second-order valence-electron chi connectivity index (χ2n) is 5.92. The Bertz CT molecular complexity index is 520. The van der Waals surface area contributed by atoms with Crippen LogP contribution in [0.5, 0.6) is 5.75 Å². The minimum atomic E-state index is -0.300. The van der Waals surface area contributed by atoms with E-state index in [4.69, 9.17) is 9.47 Å². The molecule has 0 spiro atoms. The summed E-state index contributed by atoms with van der Waals surface area (Å²) in [5.74, 6) is 0.955. The Kier molecular flexibility index (Phi) is 14.3. The van der Waals surface area contributed by atoms with Gasteiger partial charge in [0.1, 0.15) is 17.7 Å². The summed E-state index contributed by atoms with van der Waals surface area (Å²) in [5.41, 5.74) is 0. The number of halogens is 2. The van der Waals surface area contributed by atoms with Crippen molar-refractivity contribution in [3.8, 4) is 5.75 Å². The number of nitrogens with zero attached hydrogens (tertiary/aromatic N) is 2. The number of ether oxygens (including phenoxy) is 2. The lowest BCUT2D eigenvalue weighted by molar-refractivity contribution is 0.161. The van der Waals surface area contributed by atoms with Crippen LogP contribution in [0.4, 0.5) is 4.39 Å². The third-order valence-corrected chi connectivity index (χ3v) is 3.60. The summed E-state index contributed by atoms with van der Waals surface area (Å²) in [7, 11) is 5.53. The van der Waals surface area contributed by atoms with Crippen LogP contribution in [-0.2, 0) is 4.74 Å². The van der Waals surface area contributed by atoms with E-state index in [1.807, 2.05) is 6.92 Å². The van der Waals surface area contributed by atoms with Gasteiger partial charge in [-0.15, -0.1) is 24.0 Å². The van der Waals surface area contributed by atoms with Crippen LogP contribution < -0.4 is 15.4 Å². The fourth-order valence-electron chi connectivity index (χ4n) is 2.19. The average Bonchev–Trinajstić information content (AvgIpc) is 2.59. The van der Waals surface area contributed by atoms with E-state index in [1.54, 1.807) is 26.3 Å². The molecular formula is C18H32FIN4O2. The lowest BCUT2D eigenvalue weighted by atomic mass is 10.3. The Hall–Kier alpha value is -1.13. The minimum absolute atomic E-state index is 0. The lowest BCUT2D eigenvalue weighted by Gasteiger charge is -2.19. The molecule has 0 saturated carbocycles. The molecule has 0 bridgehead atoms. The van der Waals surface area contributed by atoms with Crippen molar-refractivity contribution >= 4 is 29.9 Å². The molecule has 0 heterocycles. The Labute approximate surface area is 173 Å². The number of hydrogen-bond donors (Lipinski definition) is 2. The zero-order valence-electron chi connectivity index (χ0n) is 16.1. The number of methoxy groups -OCH3 is 1. The normalized spacial score (nSPS) is 12.5. The molecule has 1 rings (SSSR count). The predicted molar refractivity (Wildman–Crippen MR) is 115 cm³/mol. The zero-order valence-corrected chi connectivity index (χ0v) is 18.5.